The Kier molecular flexibility index (Phi) is 6.35. The standard InChI is InChI=1S/C21H32N2O2/c1-17-8-9-20-19(14-17)16-22(15-18(2)25-20)13-10-21(24)23-11-6-4-3-5-7-12-23/h8-9,14,18H,3-7,10-13,15-16H2,1-2H3/t18-/m1/s1. The minimum atomic E-state index is 0.153. The van der Waals surface area contributed by atoms with Crippen LogP contribution in [0.3, 0.4) is 0 Å². The normalized spacial score (nSPS) is 22.3. The average Bonchev–Trinajstić information content (AvgIpc) is 2.69. The lowest BCUT2D eigenvalue weighted by atomic mass is 10.1. The summed E-state index contributed by atoms with van der Waals surface area (Å²) in [5.74, 6) is 1.32. The Morgan fingerprint density at radius 3 is 2.64 bits per heavy atom. The van der Waals surface area contributed by atoms with E-state index >= 15 is 0 Å². The smallest absolute Gasteiger partial charge is 0.223 e. The number of carbonyl (C=O) groups is 1. The molecule has 2 aliphatic heterocycles. The molecule has 0 bridgehead atoms. The van der Waals surface area contributed by atoms with Crippen LogP contribution < -0.4 is 4.74 Å². The van der Waals surface area contributed by atoms with Crippen molar-refractivity contribution in [3.8, 4) is 5.75 Å². The van der Waals surface area contributed by atoms with Crippen molar-refractivity contribution in [1.29, 1.82) is 0 Å². The van der Waals surface area contributed by atoms with Gasteiger partial charge in [-0.15, -0.1) is 0 Å². The Labute approximate surface area is 152 Å². The highest BCUT2D eigenvalue weighted by atomic mass is 16.5. The van der Waals surface area contributed by atoms with Gasteiger partial charge in [0, 0.05) is 44.7 Å². The second-order valence-corrected chi connectivity index (χ2v) is 7.67. The number of fused-ring (bicyclic) bond motifs is 1. The van der Waals surface area contributed by atoms with Gasteiger partial charge >= 0.3 is 0 Å². The summed E-state index contributed by atoms with van der Waals surface area (Å²) < 4.78 is 6.06. The molecule has 4 nitrogen and oxygen atoms in total. The van der Waals surface area contributed by atoms with E-state index in [4.69, 9.17) is 4.74 Å². The van der Waals surface area contributed by atoms with Crippen LogP contribution in [0, 0.1) is 6.92 Å². The van der Waals surface area contributed by atoms with Crippen LogP contribution in [-0.4, -0.2) is 48.0 Å². The van der Waals surface area contributed by atoms with Crippen molar-refractivity contribution in [3.05, 3.63) is 29.3 Å². The van der Waals surface area contributed by atoms with Crippen molar-refractivity contribution in [3.63, 3.8) is 0 Å². The molecule has 0 radical (unpaired) electrons. The molecule has 0 aliphatic carbocycles. The van der Waals surface area contributed by atoms with E-state index in [1.54, 1.807) is 0 Å². The van der Waals surface area contributed by atoms with Crippen LogP contribution in [0.5, 0.6) is 5.75 Å². The summed E-state index contributed by atoms with van der Waals surface area (Å²) in [4.78, 5) is 17.1. The highest BCUT2D eigenvalue weighted by Gasteiger charge is 2.22. The summed E-state index contributed by atoms with van der Waals surface area (Å²) in [6.07, 6.45) is 6.95. The first-order chi connectivity index (χ1) is 12.1. The van der Waals surface area contributed by atoms with Crippen LogP contribution in [0.15, 0.2) is 18.2 Å². The second-order valence-electron chi connectivity index (χ2n) is 7.67. The van der Waals surface area contributed by atoms with Gasteiger partial charge in [-0.25, -0.2) is 0 Å². The van der Waals surface area contributed by atoms with Crippen LogP contribution in [0.25, 0.3) is 0 Å². The van der Waals surface area contributed by atoms with E-state index in [1.807, 2.05) is 0 Å². The van der Waals surface area contributed by atoms with Crippen molar-refractivity contribution in [2.24, 2.45) is 0 Å². The fourth-order valence-corrected chi connectivity index (χ4v) is 3.95. The first kappa shape index (κ1) is 18.2. The molecule has 0 aromatic heterocycles. The third-order valence-corrected chi connectivity index (χ3v) is 5.30. The van der Waals surface area contributed by atoms with Gasteiger partial charge in [-0.1, -0.05) is 37.0 Å². The van der Waals surface area contributed by atoms with Crippen molar-refractivity contribution in [2.45, 2.75) is 65.0 Å². The van der Waals surface area contributed by atoms with E-state index < -0.39 is 0 Å². The monoisotopic (exact) mass is 344 g/mol. The first-order valence-corrected chi connectivity index (χ1v) is 9.88. The maximum atomic E-state index is 12.6. The van der Waals surface area contributed by atoms with Gasteiger partial charge in [0.25, 0.3) is 0 Å². The van der Waals surface area contributed by atoms with E-state index in [9.17, 15) is 4.79 Å². The number of hydrogen-bond donors (Lipinski definition) is 0. The Bertz CT molecular complexity index is 579. The van der Waals surface area contributed by atoms with E-state index in [0.717, 1.165) is 51.3 Å². The number of ether oxygens (including phenoxy) is 1. The van der Waals surface area contributed by atoms with Gasteiger partial charge in [-0.2, -0.15) is 0 Å². The predicted molar refractivity (Wildman–Crippen MR) is 101 cm³/mol. The van der Waals surface area contributed by atoms with Crippen molar-refractivity contribution >= 4 is 5.91 Å². The summed E-state index contributed by atoms with van der Waals surface area (Å²) in [5, 5.41) is 0. The lowest BCUT2D eigenvalue weighted by molar-refractivity contribution is -0.132. The maximum Gasteiger partial charge on any atom is 0.223 e. The molecule has 2 heterocycles. The predicted octanol–water partition coefficient (Wildman–Crippen LogP) is 3.76. The highest BCUT2D eigenvalue weighted by Crippen LogP contribution is 2.26. The lowest BCUT2D eigenvalue weighted by Crippen LogP contribution is -2.38. The molecule has 138 valence electrons. The molecule has 1 atom stereocenters. The van der Waals surface area contributed by atoms with Crippen molar-refractivity contribution < 1.29 is 9.53 Å². The van der Waals surface area contributed by atoms with Gasteiger partial charge in [0.2, 0.25) is 5.91 Å². The summed E-state index contributed by atoms with van der Waals surface area (Å²) in [5.41, 5.74) is 2.50. The van der Waals surface area contributed by atoms with Crippen LogP contribution >= 0.6 is 0 Å². The van der Waals surface area contributed by atoms with Crippen LogP contribution in [0.1, 0.15) is 56.6 Å². The first-order valence-electron chi connectivity index (χ1n) is 9.88. The topological polar surface area (TPSA) is 32.8 Å². The highest BCUT2D eigenvalue weighted by molar-refractivity contribution is 5.76. The Balaban J connectivity index is 1.57. The minimum Gasteiger partial charge on any atom is -0.489 e. The molecule has 0 saturated carbocycles. The lowest BCUT2D eigenvalue weighted by Gasteiger charge is -2.27. The molecule has 1 saturated heterocycles. The zero-order valence-corrected chi connectivity index (χ0v) is 15.8. The van der Waals surface area contributed by atoms with Gasteiger partial charge in [-0.3, -0.25) is 9.69 Å². The zero-order valence-electron chi connectivity index (χ0n) is 15.8. The molecule has 1 aromatic carbocycles. The second kappa shape index (κ2) is 8.70. The van der Waals surface area contributed by atoms with E-state index in [0.29, 0.717) is 12.3 Å². The minimum absolute atomic E-state index is 0.153. The third-order valence-electron chi connectivity index (χ3n) is 5.30. The number of amides is 1. The largest absolute Gasteiger partial charge is 0.489 e. The average molecular weight is 344 g/mol. The van der Waals surface area contributed by atoms with Crippen LogP contribution in [0.4, 0.5) is 0 Å². The summed E-state index contributed by atoms with van der Waals surface area (Å²) in [6.45, 7) is 8.68. The molecule has 1 amide bonds. The van der Waals surface area contributed by atoms with Gasteiger partial charge in [-0.05, 0) is 32.8 Å². The number of likely N-dealkylation sites (tertiary alicyclic amines) is 1. The Morgan fingerprint density at radius 2 is 1.88 bits per heavy atom. The number of aryl methyl sites for hydroxylation is 1. The maximum absolute atomic E-state index is 12.6. The van der Waals surface area contributed by atoms with Crippen molar-refractivity contribution in [2.75, 3.05) is 26.2 Å². The number of carbonyl (C=O) groups excluding carboxylic acids is 1. The quantitative estimate of drug-likeness (QED) is 0.837. The molecule has 1 fully saturated rings. The van der Waals surface area contributed by atoms with Crippen LogP contribution in [-0.2, 0) is 11.3 Å². The molecular weight excluding hydrogens is 312 g/mol. The summed E-state index contributed by atoms with van der Waals surface area (Å²) in [6, 6.07) is 6.39. The molecule has 3 rings (SSSR count). The fourth-order valence-electron chi connectivity index (χ4n) is 3.95. The molecule has 1 aromatic rings. The van der Waals surface area contributed by atoms with Gasteiger partial charge in [0.1, 0.15) is 11.9 Å². The van der Waals surface area contributed by atoms with Gasteiger partial charge < -0.3 is 9.64 Å². The number of benzene rings is 1. The molecule has 25 heavy (non-hydrogen) atoms. The fraction of sp³-hybridized carbons (Fsp3) is 0.667. The number of nitrogens with zero attached hydrogens (tertiary/aromatic N) is 2. The number of hydrogen-bond acceptors (Lipinski definition) is 3. The molecule has 0 unspecified atom stereocenters. The van der Waals surface area contributed by atoms with E-state index in [-0.39, 0.29) is 6.10 Å². The van der Waals surface area contributed by atoms with E-state index in [2.05, 4.69) is 41.8 Å². The van der Waals surface area contributed by atoms with Gasteiger partial charge in [0.05, 0.1) is 0 Å². The molecule has 2 aliphatic rings. The van der Waals surface area contributed by atoms with E-state index in [1.165, 1.54) is 30.4 Å². The molecule has 4 heteroatoms. The van der Waals surface area contributed by atoms with Crippen LogP contribution in [0.2, 0.25) is 0 Å². The van der Waals surface area contributed by atoms with Crippen molar-refractivity contribution in [1.82, 2.24) is 9.80 Å². The van der Waals surface area contributed by atoms with Gasteiger partial charge in [0.15, 0.2) is 0 Å². The molecular formula is C21H32N2O2. The Hall–Kier alpha value is -1.55. The zero-order chi connectivity index (χ0) is 17.6. The number of rotatable bonds is 3. The molecule has 0 spiro atoms. The third kappa shape index (κ3) is 5.21. The summed E-state index contributed by atoms with van der Waals surface area (Å²) in [7, 11) is 0. The molecule has 0 N–H and O–H groups in total. The summed E-state index contributed by atoms with van der Waals surface area (Å²) >= 11 is 0. The Morgan fingerprint density at radius 1 is 1.16 bits per heavy atom. The SMILES string of the molecule is Cc1ccc2c(c1)CN(CCC(=O)N1CCCCCCC1)C[C@@H](C)O2.